The quantitative estimate of drug-likeness (QED) is 0.850. The lowest BCUT2D eigenvalue weighted by Gasteiger charge is -2.40. The van der Waals surface area contributed by atoms with Crippen LogP contribution in [-0.2, 0) is 22.4 Å². The van der Waals surface area contributed by atoms with Crippen molar-refractivity contribution >= 4 is 11.8 Å². The molecule has 1 aliphatic heterocycles. The Morgan fingerprint density at radius 1 is 1.10 bits per heavy atom. The van der Waals surface area contributed by atoms with Crippen molar-refractivity contribution in [1.29, 1.82) is 0 Å². The van der Waals surface area contributed by atoms with E-state index in [1.54, 1.807) is 7.11 Å². The maximum absolute atomic E-state index is 13.3. The van der Waals surface area contributed by atoms with Gasteiger partial charge < -0.3 is 15.0 Å². The zero-order valence-corrected chi connectivity index (χ0v) is 17.1. The molecule has 2 aromatic rings. The van der Waals surface area contributed by atoms with Crippen molar-refractivity contribution in [2.24, 2.45) is 5.92 Å². The predicted octanol–water partition coefficient (Wildman–Crippen LogP) is 3.28. The van der Waals surface area contributed by atoms with Crippen molar-refractivity contribution < 1.29 is 14.3 Å². The van der Waals surface area contributed by atoms with Crippen LogP contribution in [0.25, 0.3) is 0 Å². The summed E-state index contributed by atoms with van der Waals surface area (Å²) in [6.45, 7) is 2.57. The molecule has 1 aliphatic carbocycles. The van der Waals surface area contributed by atoms with Crippen LogP contribution in [0.4, 0.5) is 0 Å². The highest BCUT2D eigenvalue weighted by Gasteiger charge is 2.40. The summed E-state index contributed by atoms with van der Waals surface area (Å²) < 4.78 is 5.26. The van der Waals surface area contributed by atoms with Gasteiger partial charge in [0.05, 0.1) is 19.1 Å². The lowest BCUT2D eigenvalue weighted by Crippen LogP contribution is -2.49. The molecule has 2 aromatic carbocycles. The van der Waals surface area contributed by atoms with E-state index in [1.807, 2.05) is 36.1 Å². The van der Waals surface area contributed by atoms with Gasteiger partial charge in [-0.2, -0.15) is 0 Å². The van der Waals surface area contributed by atoms with Crippen LogP contribution < -0.4 is 10.1 Å². The molecule has 5 heteroatoms. The van der Waals surface area contributed by atoms with Gasteiger partial charge in [0, 0.05) is 19.0 Å². The first kappa shape index (κ1) is 19.5. The van der Waals surface area contributed by atoms with Crippen LogP contribution in [0.2, 0.25) is 0 Å². The maximum Gasteiger partial charge on any atom is 0.225 e. The van der Waals surface area contributed by atoms with E-state index in [9.17, 15) is 9.59 Å². The van der Waals surface area contributed by atoms with Gasteiger partial charge in [0.2, 0.25) is 11.8 Å². The summed E-state index contributed by atoms with van der Waals surface area (Å²) in [6, 6.07) is 16.0. The summed E-state index contributed by atoms with van der Waals surface area (Å²) in [5, 5.41) is 3.28. The molecule has 152 valence electrons. The number of piperidine rings is 1. The molecular weight excluding hydrogens is 364 g/mol. The second-order valence-electron chi connectivity index (χ2n) is 7.93. The number of carbonyl (C=O) groups excluding carboxylic acids is 2. The number of nitrogens with zero attached hydrogens (tertiary/aromatic N) is 1. The van der Waals surface area contributed by atoms with Crippen LogP contribution in [0.1, 0.15) is 42.5 Å². The molecule has 1 saturated heterocycles. The molecule has 1 N–H and O–H groups in total. The molecule has 0 spiro atoms. The fraction of sp³-hybridized carbons (Fsp3) is 0.417. The third-order valence-electron chi connectivity index (χ3n) is 6.24. The highest BCUT2D eigenvalue weighted by atomic mass is 16.5. The number of benzene rings is 2. The van der Waals surface area contributed by atoms with Crippen LogP contribution in [0, 0.1) is 5.92 Å². The van der Waals surface area contributed by atoms with Crippen LogP contribution in [0.3, 0.4) is 0 Å². The topological polar surface area (TPSA) is 58.6 Å². The summed E-state index contributed by atoms with van der Waals surface area (Å²) in [6.07, 6.45) is 2.75. The van der Waals surface area contributed by atoms with E-state index >= 15 is 0 Å². The third kappa shape index (κ3) is 3.86. The van der Waals surface area contributed by atoms with Crippen LogP contribution in [-0.4, -0.2) is 36.4 Å². The van der Waals surface area contributed by atoms with Gasteiger partial charge in [0.15, 0.2) is 0 Å². The van der Waals surface area contributed by atoms with E-state index < -0.39 is 0 Å². The van der Waals surface area contributed by atoms with Crippen LogP contribution in [0.5, 0.6) is 5.75 Å². The van der Waals surface area contributed by atoms with E-state index in [4.69, 9.17) is 4.74 Å². The molecule has 4 rings (SSSR count). The van der Waals surface area contributed by atoms with Gasteiger partial charge in [0.1, 0.15) is 5.75 Å². The van der Waals surface area contributed by atoms with Gasteiger partial charge in [0.25, 0.3) is 0 Å². The van der Waals surface area contributed by atoms with Gasteiger partial charge in [-0.15, -0.1) is 0 Å². The second kappa shape index (κ2) is 8.27. The summed E-state index contributed by atoms with van der Waals surface area (Å²) in [5.41, 5.74) is 3.62. The van der Waals surface area contributed by atoms with E-state index in [0.29, 0.717) is 19.4 Å². The maximum atomic E-state index is 13.3. The molecule has 0 saturated carbocycles. The van der Waals surface area contributed by atoms with Gasteiger partial charge in [-0.3, -0.25) is 9.59 Å². The molecule has 2 atom stereocenters. The van der Waals surface area contributed by atoms with Crippen molar-refractivity contribution in [3.05, 3.63) is 65.2 Å². The van der Waals surface area contributed by atoms with Gasteiger partial charge in [-0.1, -0.05) is 36.4 Å². The minimum Gasteiger partial charge on any atom is -0.497 e. The average Bonchev–Trinajstić information content (AvgIpc) is 3.15. The van der Waals surface area contributed by atoms with Crippen LogP contribution >= 0.6 is 0 Å². The number of fused-ring (bicyclic) bond motifs is 1. The number of likely N-dealkylation sites (tertiary alicyclic amines) is 1. The standard InChI is InChI=1S/C24H28N2O3/c1-3-26-22(27)13-12-21(23(26)16-8-10-20(29-2)11-9-16)24(28)25-19-14-17-6-4-5-7-18(17)15-19/h4-11,19,21,23H,3,12-15H2,1-2H3,(H,25,28)/t21-,23+/m1/s1. The number of methoxy groups -OCH3 is 1. The molecule has 29 heavy (non-hydrogen) atoms. The van der Waals surface area contributed by atoms with Crippen molar-refractivity contribution in [3.63, 3.8) is 0 Å². The highest BCUT2D eigenvalue weighted by Crippen LogP contribution is 2.37. The molecule has 1 fully saturated rings. The molecule has 0 bridgehead atoms. The number of carbonyl (C=O) groups is 2. The molecule has 0 aromatic heterocycles. The fourth-order valence-corrected chi connectivity index (χ4v) is 4.78. The van der Waals surface area contributed by atoms with Crippen LogP contribution in [0.15, 0.2) is 48.5 Å². The summed E-state index contributed by atoms with van der Waals surface area (Å²) in [4.78, 5) is 27.7. The van der Waals surface area contributed by atoms with Crippen molar-refractivity contribution in [2.45, 2.75) is 44.7 Å². The minimum atomic E-state index is -0.246. The van der Waals surface area contributed by atoms with Crippen molar-refractivity contribution in [1.82, 2.24) is 10.2 Å². The number of rotatable bonds is 5. The zero-order valence-electron chi connectivity index (χ0n) is 17.1. The van der Waals surface area contributed by atoms with Crippen molar-refractivity contribution in [3.8, 4) is 5.75 Å². The Kier molecular flexibility index (Phi) is 5.56. The van der Waals surface area contributed by atoms with E-state index in [0.717, 1.165) is 24.2 Å². The van der Waals surface area contributed by atoms with Crippen molar-refractivity contribution in [2.75, 3.05) is 13.7 Å². The molecule has 0 unspecified atom stereocenters. The molecule has 0 radical (unpaired) electrons. The third-order valence-corrected chi connectivity index (χ3v) is 6.24. The Hall–Kier alpha value is -2.82. The zero-order chi connectivity index (χ0) is 20.4. The SMILES string of the molecule is CCN1C(=O)CC[C@@H](C(=O)NC2Cc3ccccc3C2)[C@@H]1c1ccc(OC)cc1. The molecular formula is C24H28N2O3. The molecule has 2 aliphatic rings. The lowest BCUT2D eigenvalue weighted by atomic mass is 9.83. The normalized spacial score (nSPS) is 21.7. The first-order valence-electron chi connectivity index (χ1n) is 10.4. The average molecular weight is 392 g/mol. The minimum absolute atomic E-state index is 0.0505. The predicted molar refractivity (Wildman–Crippen MR) is 112 cm³/mol. The first-order chi connectivity index (χ1) is 14.1. The Labute approximate surface area is 172 Å². The highest BCUT2D eigenvalue weighted by molar-refractivity contribution is 5.85. The smallest absolute Gasteiger partial charge is 0.225 e. The fourth-order valence-electron chi connectivity index (χ4n) is 4.78. The second-order valence-corrected chi connectivity index (χ2v) is 7.93. The Morgan fingerprint density at radius 2 is 1.76 bits per heavy atom. The summed E-state index contributed by atoms with van der Waals surface area (Å²) in [7, 11) is 1.63. The summed E-state index contributed by atoms with van der Waals surface area (Å²) in [5.74, 6) is 0.689. The van der Waals surface area contributed by atoms with E-state index in [2.05, 4.69) is 29.6 Å². The van der Waals surface area contributed by atoms with E-state index in [-0.39, 0.29) is 29.8 Å². The number of hydrogen-bond acceptors (Lipinski definition) is 3. The summed E-state index contributed by atoms with van der Waals surface area (Å²) >= 11 is 0. The van der Waals surface area contributed by atoms with E-state index in [1.165, 1.54) is 11.1 Å². The first-order valence-corrected chi connectivity index (χ1v) is 10.4. The largest absolute Gasteiger partial charge is 0.497 e. The van der Waals surface area contributed by atoms with Gasteiger partial charge in [-0.05, 0) is 55.0 Å². The number of ether oxygens (including phenoxy) is 1. The molecule has 2 amide bonds. The number of nitrogens with one attached hydrogen (secondary N) is 1. The van der Waals surface area contributed by atoms with Gasteiger partial charge >= 0.3 is 0 Å². The monoisotopic (exact) mass is 392 g/mol. The Bertz CT molecular complexity index is 868. The number of hydrogen-bond donors (Lipinski definition) is 1. The Morgan fingerprint density at radius 3 is 2.34 bits per heavy atom. The van der Waals surface area contributed by atoms with Gasteiger partial charge in [-0.25, -0.2) is 0 Å². The molecule has 5 nitrogen and oxygen atoms in total. The Balaban J connectivity index is 1.54. The number of amides is 2. The lowest BCUT2D eigenvalue weighted by molar-refractivity contribution is -0.143. The molecule has 1 heterocycles.